The first-order valence-electron chi connectivity index (χ1n) is 9.04. The van der Waals surface area contributed by atoms with Crippen LogP contribution in [-0.4, -0.2) is 31.2 Å². The molecule has 3 rings (SSSR count). The van der Waals surface area contributed by atoms with E-state index in [1.807, 2.05) is 41.5 Å². The highest BCUT2D eigenvalue weighted by Crippen LogP contribution is 2.25. The van der Waals surface area contributed by atoms with E-state index in [0.29, 0.717) is 21.7 Å². The number of rotatable bonds is 7. The Hall–Kier alpha value is -1.61. The molecule has 2 aromatic heterocycles. The minimum atomic E-state index is 0.539. The summed E-state index contributed by atoms with van der Waals surface area (Å²) in [5.41, 5.74) is 3.83. The number of thiocarbonyl (C=S) groups is 1. The molecule has 154 valence electrons. The van der Waals surface area contributed by atoms with Crippen molar-refractivity contribution in [3.05, 3.63) is 62.1 Å². The Morgan fingerprint density at radius 3 is 2.72 bits per heavy atom. The third-order valence-electron chi connectivity index (χ3n) is 4.39. The molecule has 29 heavy (non-hydrogen) atoms. The van der Waals surface area contributed by atoms with Crippen LogP contribution in [0.1, 0.15) is 23.4 Å². The van der Waals surface area contributed by atoms with Crippen LogP contribution in [-0.2, 0) is 13.1 Å². The van der Waals surface area contributed by atoms with E-state index in [-0.39, 0.29) is 0 Å². The lowest BCUT2D eigenvalue weighted by Gasteiger charge is -2.11. The second kappa shape index (κ2) is 9.93. The molecule has 0 aliphatic carbocycles. The van der Waals surface area contributed by atoms with Crippen molar-refractivity contribution in [1.29, 1.82) is 0 Å². The van der Waals surface area contributed by atoms with Gasteiger partial charge in [-0.2, -0.15) is 10.2 Å². The molecule has 0 bridgehead atoms. The Morgan fingerprint density at radius 1 is 1.24 bits per heavy atom. The van der Waals surface area contributed by atoms with Gasteiger partial charge in [0.1, 0.15) is 0 Å². The molecule has 0 radical (unpaired) electrons. The Bertz CT molecular complexity index is 1020. The van der Waals surface area contributed by atoms with Gasteiger partial charge in [-0.3, -0.25) is 9.36 Å². The van der Waals surface area contributed by atoms with Crippen molar-refractivity contribution < 1.29 is 0 Å². The summed E-state index contributed by atoms with van der Waals surface area (Å²) in [6.07, 6.45) is 4.64. The van der Waals surface area contributed by atoms with Crippen LogP contribution in [0.15, 0.2) is 35.1 Å². The van der Waals surface area contributed by atoms with Crippen molar-refractivity contribution in [2.24, 2.45) is 0 Å². The second-order valence-electron chi connectivity index (χ2n) is 6.61. The number of aryl methyl sites for hydroxylation is 2. The lowest BCUT2D eigenvalue weighted by atomic mass is 10.2. The molecule has 1 aromatic carbocycles. The fourth-order valence-electron chi connectivity index (χ4n) is 2.90. The summed E-state index contributed by atoms with van der Waals surface area (Å²) in [6.45, 7) is 6.14. The maximum Gasteiger partial charge on any atom is 0.170 e. The van der Waals surface area contributed by atoms with Crippen LogP contribution in [0, 0.1) is 13.8 Å². The first-order valence-corrected chi connectivity index (χ1v) is 11.0. The van der Waals surface area contributed by atoms with Crippen molar-refractivity contribution in [2.75, 3.05) is 11.9 Å². The van der Waals surface area contributed by atoms with E-state index in [4.69, 9.17) is 35.4 Å². The zero-order valence-electron chi connectivity index (χ0n) is 16.0. The van der Waals surface area contributed by atoms with Crippen LogP contribution < -0.4 is 10.6 Å². The van der Waals surface area contributed by atoms with E-state index in [1.165, 1.54) is 0 Å². The van der Waals surface area contributed by atoms with Gasteiger partial charge in [0.15, 0.2) is 5.11 Å². The van der Waals surface area contributed by atoms with E-state index in [1.54, 1.807) is 12.3 Å². The molecule has 0 spiro atoms. The van der Waals surface area contributed by atoms with E-state index in [0.717, 1.165) is 46.6 Å². The minimum Gasteiger partial charge on any atom is -0.362 e. The predicted molar refractivity (Wildman–Crippen MR) is 126 cm³/mol. The van der Waals surface area contributed by atoms with Crippen molar-refractivity contribution in [3.8, 4) is 0 Å². The summed E-state index contributed by atoms with van der Waals surface area (Å²) < 4.78 is 4.80. The number of halogens is 3. The number of aromatic nitrogens is 4. The number of nitrogens with zero attached hydrogens (tertiary/aromatic N) is 4. The van der Waals surface area contributed by atoms with Crippen LogP contribution in [0.4, 0.5) is 5.69 Å². The summed E-state index contributed by atoms with van der Waals surface area (Å²) in [6, 6.07) is 5.60. The number of benzene rings is 1. The first-order chi connectivity index (χ1) is 13.8. The average molecular weight is 516 g/mol. The zero-order chi connectivity index (χ0) is 21.0. The Labute approximate surface area is 193 Å². The van der Waals surface area contributed by atoms with Crippen molar-refractivity contribution in [3.63, 3.8) is 0 Å². The topological polar surface area (TPSA) is 59.7 Å². The van der Waals surface area contributed by atoms with E-state index in [9.17, 15) is 0 Å². The zero-order valence-corrected chi connectivity index (χ0v) is 20.0. The number of nitrogens with one attached hydrogen (secondary N) is 2. The van der Waals surface area contributed by atoms with Crippen molar-refractivity contribution >= 4 is 62.1 Å². The highest BCUT2D eigenvalue weighted by atomic mass is 79.9. The molecule has 0 saturated heterocycles. The third kappa shape index (κ3) is 5.94. The summed E-state index contributed by atoms with van der Waals surface area (Å²) >= 11 is 20.9. The highest BCUT2D eigenvalue weighted by molar-refractivity contribution is 9.10. The molecule has 0 fully saturated rings. The number of hydrogen-bond donors (Lipinski definition) is 2. The third-order valence-corrected chi connectivity index (χ3v) is 5.78. The van der Waals surface area contributed by atoms with Gasteiger partial charge in [-0.15, -0.1) is 0 Å². The lowest BCUT2D eigenvalue weighted by molar-refractivity contribution is 0.573. The molecule has 6 nitrogen and oxygen atoms in total. The van der Waals surface area contributed by atoms with Crippen LogP contribution in [0.2, 0.25) is 10.0 Å². The average Bonchev–Trinajstić information content (AvgIpc) is 3.20. The normalized spacial score (nSPS) is 10.9. The predicted octanol–water partition coefficient (Wildman–Crippen LogP) is 5.19. The van der Waals surface area contributed by atoms with Crippen LogP contribution in [0.5, 0.6) is 0 Å². The molecule has 10 heteroatoms. The highest BCUT2D eigenvalue weighted by Gasteiger charge is 2.13. The molecule has 0 aliphatic rings. The minimum absolute atomic E-state index is 0.539. The van der Waals surface area contributed by atoms with Gasteiger partial charge >= 0.3 is 0 Å². The maximum absolute atomic E-state index is 6.12. The van der Waals surface area contributed by atoms with Gasteiger partial charge in [-0.05, 0) is 66.1 Å². The summed E-state index contributed by atoms with van der Waals surface area (Å²) in [7, 11) is 0. The largest absolute Gasteiger partial charge is 0.362 e. The van der Waals surface area contributed by atoms with E-state index < -0.39 is 0 Å². The van der Waals surface area contributed by atoms with Gasteiger partial charge in [0.05, 0.1) is 44.3 Å². The Kier molecular flexibility index (Phi) is 7.56. The van der Waals surface area contributed by atoms with Crippen LogP contribution in [0.3, 0.4) is 0 Å². The van der Waals surface area contributed by atoms with E-state index >= 15 is 0 Å². The summed E-state index contributed by atoms with van der Waals surface area (Å²) in [5.74, 6) is 0. The number of anilines is 1. The number of hydrogen-bond acceptors (Lipinski definition) is 3. The lowest BCUT2D eigenvalue weighted by Crippen LogP contribution is -2.30. The molecular formula is C19H21BrCl2N6S. The van der Waals surface area contributed by atoms with Gasteiger partial charge < -0.3 is 10.6 Å². The van der Waals surface area contributed by atoms with Crippen LogP contribution in [0.25, 0.3) is 0 Å². The van der Waals surface area contributed by atoms with Gasteiger partial charge in [-0.1, -0.05) is 29.3 Å². The molecule has 0 atom stereocenters. The maximum atomic E-state index is 6.12. The van der Waals surface area contributed by atoms with Gasteiger partial charge in [0, 0.05) is 19.3 Å². The fourth-order valence-corrected chi connectivity index (χ4v) is 3.76. The van der Waals surface area contributed by atoms with Gasteiger partial charge in [0.25, 0.3) is 0 Å². The Morgan fingerprint density at radius 2 is 2.03 bits per heavy atom. The molecule has 0 amide bonds. The van der Waals surface area contributed by atoms with Crippen molar-refractivity contribution in [1.82, 2.24) is 24.9 Å². The molecule has 3 aromatic rings. The van der Waals surface area contributed by atoms with Gasteiger partial charge in [-0.25, -0.2) is 0 Å². The van der Waals surface area contributed by atoms with E-state index in [2.05, 4.69) is 36.8 Å². The summed E-state index contributed by atoms with van der Waals surface area (Å²) in [4.78, 5) is 0. The quantitative estimate of drug-likeness (QED) is 0.335. The molecule has 2 heterocycles. The monoisotopic (exact) mass is 514 g/mol. The fraction of sp³-hybridized carbons (Fsp3) is 0.316. The Balaban J connectivity index is 1.54. The molecule has 0 aliphatic heterocycles. The first kappa shape index (κ1) is 22.1. The molecule has 2 N–H and O–H groups in total. The van der Waals surface area contributed by atoms with Gasteiger partial charge in [0.2, 0.25) is 0 Å². The molecule has 0 saturated carbocycles. The molecule has 0 unspecified atom stereocenters. The van der Waals surface area contributed by atoms with Crippen molar-refractivity contribution in [2.45, 2.75) is 33.4 Å². The standard InChI is InChI=1S/C19H21BrCl2N6S/c1-12-18(25-19(29)23-6-3-7-27-11-15(20)9-24-27)13(2)28(26-12)10-14-4-5-16(21)17(22)8-14/h4-5,8-9,11H,3,6-7,10H2,1-2H3,(H2,23,25,29). The second-order valence-corrected chi connectivity index (χ2v) is 8.75. The smallest absolute Gasteiger partial charge is 0.170 e. The molecular weight excluding hydrogens is 495 g/mol. The SMILES string of the molecule is Cc1nn(Cc2ccc(Cl)c(Cl)c2)c(C)c1NC(=S)NCCCn1cc(Br)cn1. The van der Waals surface area contributed by atoms with Crippen LogP contribution >= 0.6 is 51.3 Å². The summed E-state index contributed by atoms with van der Waals surface area (Å²) in [5, 5.41) is 17.0.